The lowest BCUT2D eigenvalue weighted by Crippen LogP contribution is -2.48. The molecule has 0 radical (unpaired) electrons. The summed E-state index contributed by atoms with van der Waals surface area (Å²) in [5, 5.41) is 17.0. The van der Waals surface area contributed by atoms with Crippen LogP contribution in [0, 0.1) is 17.0 Å². The van der Waals surface area contributed by atoms with Crippen molar-refractivity contribution < 1.29 is 46.5 Å². The summed E-state index contributed by atoms with van der Waals surface area (Å²) in [6.07, 6.45) is -4.01. The molecule has 4 N–H and O–H groups in total. The van der Waals surface area contributed by atoms with Gasteiger partial charge in [0.25, 0.3) is 0 Å². The largest absolute Gasteiger partial charge is 0.490 e. The van der Waals surface area contributed by atoms with Crippen molar-refractivity contribution in [2.75, 3.05) is 31.1 Å². The SMILES string of the molecule is CC(C)(C)[C@H](c1nc(-c2cc(F)ccc2F)cn1Cc1ccccc1)N(CCCN(C(=O)O)C(C)(C)C)C(=O)CSCCN.O=C(O)C(F)(F)F. The summed E-state index contributed by atoms with van der Waals surface area (Å²) < 4.78 is 62.9. The molecule has 0 unspecified atom stereocenters. The molecule has 0 aliphatic rings. The van der Waals surface area contributed by atoms with Crippen LogP contribution in [0.3, 0.4) is 0 Å². The van der Waals surface area contributed by atoms with Gasteiger partial charge in [0.2, 0.25) is 5.91 Å². The van der Waals surface area contributed by atoms with Crippen LogP contribution >= 0.6 is 11.8 Å². The van der Waals surface area contributed by atoms with Gasteiger partial charge in [-0.1, -0.05) is 51.1 Å². The average molecular weight is 744 g/mol. The zero-order valence-corrected chi connectivity index (χ0v) is 30.3. The molecule has 0 bridgehead atoms. The quantitative estimate of drug-likeness (QED) is 0.123. The van der Waals surface area contributed by atoms with Crippen molar-refractivity contribution in [2.24, 2.45) is 11.1 Å². The highest BCUT2D eigenvalue weighted by molar-refractivity contribution is 7.99. The lowest BCUT2D eigenvalue weighted by Gasteiger charge is -2.41. The van der Waals surface area contributed by atoms with Gasteiger partial charge in [-0.2, -0.15) is 24.9 Å². The first kappa shape index (κ1) is 43.0. The molecular formula is C35H46F5N5O5S. The topological polar surface area (TPSA) is 142 Å². The maximum absolute atomic E-state index is 15.0. The molecule has 1 aromatic heterocycles. The van der Waals surface area contributed by atoms with Crippen LogP contribution in [0.5, 0.6) is 0 Å². The Morgan fingerprint density at radius 1 is 0.961 bits per heavy atom. The first-order valence-electron chi connectivity index (χ1n) is 16.0. The Kier molecular flexibility index (Phi) is 15.5. The highest BCUT2D eigenvalue weighted by atomic mass is 32.2. The number of hydrogen-bond acceptors (Lipinski definition) is 6. The first-order chi connectivity index (χ1) is 23.6. The molecule has 10 nitrogen and oxygen atoms in total. The number of aliphatic carboxylic acids is 1. The van der Waals surface area contributed by atoms with Crippen molar-refractivity contribution in [3.63, 3.8) is 0 Å². The number of nitrogens with zero attached hydrogens (tertiary/aromatic N) is 4. The zero-order valence-electron chi connectivity index (χ0n) is 29.5. The van der Waals surface area contributed by atoms with E-state index >= 15 is 0 Å². The van der Waals surface area contributed by atoms with Crippen LogP contribution in [-0.4, -0.2) is 90.4 Å². The van der Waals surface area contributed by atoms with Crippen LogP contribution in [0.2, 0.25) is 0 Å². The Morgan fingerprint density at radius 2 is 1.57 bits per heavy atom. The van der Waals surface area contributed by atoms with E-state index in [1.165, 1.54) is 16.7 Å². The van der Waals surface area contributed by atoms with Gasteiger partial charge in [-0.25, -0.2) is 23.4 Å². The van der Waals surface area contributed by atoms with E-state index in [0.717, 1.165) is 23.8 Å². The van der Waals surface area contributed by atoms with E-state index < -0.39 is 46.9 Å². The lowest BCUT2D eigenvalue weighted by atomic mass is 9.84. The van der Waals surface area contributed by atoms with Gasteiger partial charge >= 0.3 is 18.2 Å². The summed E-state index contributed by atoms with van der Waals surface area (Å²) in [6, 6.07) is 12.4. The van der Waals surface area contributed by atoms with Gasteiger partial charge in [0.1, 0.15) is 17.5 Å². The number of rotatable bonds is 13. The number of benzene rings is 2. The number of carbonyl (C=O) groups is 3. The fourth-order valence-corrected chi connectivity index (χ4v) is 5.87. The molecule has 16 heteroatoms. The Morgan fingerprint density at radius 3 is 2.08 bits per heavy atom. The van der Waals surface area contributed by atoms with E-state index in [9.17, 15) is 36.6 Å². The second-order valence-corrected chi connectivity index (χ2v) is 14.8. The summed E-state index contributed by atoms with van der Waals surface area (Å²) in [7, 11) is 0. The van der Waals surface area contributed by atoms with E-state index in [1.54, 1.807) is 11.1 Å². The number of imidazole rings is 1. The van der Waals surface area contributed by atoms with Crippen molar-refractivity contribution in [1.29, 1.82) is 0 Å². The summed E-state index contributed by atoms with van der Waals surface area (Å²) in [6.45, 7) is 12.8. The van der Waals surface area contributed by atoms with E-state index in [1.807, 2.05) is 76.4 Å². The van der Waals surface area contributed by atoms with Crippen molar-refractivity contribution >= 4 is 29.7 Å². The monoisotopic (exact) mass is 743 g/mol. The van der Waals surface area contributed by atoms with Crippen LogP contribution in [0.1, 0.15) is 65.4 Å². The minimum Gasteiger partial charge on any atom is -0.475 e. The molecular weight excluding hydrogens is 697 g/mol. The highest BCUT2D eigenvalue weighted by Gasteiger charge is 2.39. The van der Waals surface area contributed by atoms with Gasteiger partial charge in [0.05, 0.1) is 17.5 Å². The molecule has 282 valence electrons. The van der Waals surface area contributed by atoms with Crippen molar-refractivity contribution in [3.8, 4) is 11.3 Å². The molecule has 3 aromatic rings. The molecule has 0 aliphatic carbocycles. The normalized spacial score (nSPS) is 12.5. The Labute approximate surface area is 298 Å². The number of alkyl halides is 3. The van der Waals surface area contributed by atoms with Crippen molar-refractivity contribution in [1.82, 2.24) is 19.4 Å². The maximum Gasteiger partial charge on any atom is 0.490 e. The number of carbonyl (C=O) groups excluding carboxylic acids is 1. The number of amides is 2. The summed E-state index contributed by atoms with van der Waals surface area (Å²) in [5.74, 6) is -2.73. The smallest absolute Gasteiger partial charge is 0.475 e. The fourth-order valence-electron chi connectivity index (χ4n) is 5.21. The molecule has 2 aromatic carbocycles. The third-order valence-corrected chi connectivity index (χ3v) is 8.43. The molecule has 2 amide bonds. The number of carboxylic acids is 1. The Hall–Kier alpha value is -4.18. The van der Waals surface area contributed by atoms with Crippen LogP contribution in [-0.2, 0) is 16.1 Å². The second kappa shape index (κ2) is 18.4. The summed E-state index contributed by atoms with van der Waals surface area (Å²) >= 11 is 1.44. The average Bonchev–Trinajstić information content (AvgIpc) is 3.41. The second-order valence-electron chi connectivity index (χ2n) is 13.7. The van der Waals surface area contributed by atoms with Gasteiger partial charge in [-0.15, -0.1) is 0 Å². The Bertz CT molecular complexity index is 1610. The van der Waals surface area contributed by atoms with Gasteiger partial charge in [-0.3, -0.25) is 4.79 Å². The van der Waals surface area contributed by atoms with E-state index in [0.29, 0.717) is 31.1 Å². The molecule has 0 spiro atoms. The number of halogens is 5. The van der Waals surface area contributed by atoms with Crippen LogP contribution in [0.25, 0.3) is 11.3 Å². The number of carboxylic acid groups (broad SMARTS) is 2. The highest BCUT2D eigenvalue weighted by Crippen LogP contribution is 2.40. The number of hydrogen-bond donors (Lipinski definition) is 3. The molecule has 0 aliphatic heterocycles. The predicted molar refractivity (Wildman–Crippen MR) is 186 cm³/mol. The number of aromatic nitrogens is 2. The molecule has 0 saturated carbocycles. The predicted octanol–water partition coefficient (Wildman–Crippen LogP) is 7.29. The van der Waals surface area contributed by atoms with Gasteiger partial charge in [0.15, 0.2) is 0 Å². The zero-order chi connectivity index (χ0) is 38.7. The fraction of sp³-hybridized carbons (Fsp3) is 0.486. The number of nitrogens with two attached hydrogens (primary N) is 1. The third-order valence-electron chi connectivity index (χ3n) is 7.46. The van der Waals surface area contributed by atoms with Crippen LogP contribution < -0.4 is 5.73 Å². The molecule has 0 fully saturated rings. The lowest BCUT2D eigenvalue weighted by molar-refractivity contribution is -0.192. The third kappa shape index (κ3) is 13.1. The molecule has 1 heterocycles. The maximum atomic E-state index is 15.0. The van der Waals surface area contributed by atoms with E-state index in [4.69, 9.17) is 20.6 Å². The first-order valence-corrected chi connectivity index (χ1v) is 17.2. The molecule has 1 atom stereocenters. The van der Waals surface area contributed by atoms with Crippen molar-refractivity contribution in [3.05, 3.63) is 77.8 Å². The van der Waals surface area contributed by atoms with Gasteiger partial charge < -0.3 is 30.3 Å². The van der Waals surface area contributed by atoms with Gasteiger partial charge in [0, 0.05) is 49.2 Å². The number of thioether (sulfide) groups is 1. The summed E-state index contributed by atoms with van der Waals surface area (Å²) in [5.41, 5.74) is 5.80. The van der Waals surface area contributed by atoms with Crippen LogP contribution in [0.15, 0.2) is 54.7 Å². The van der Waals surface area contributed by atoms with Crippen LogP contribution in [0.4, 0.5) is 26.7 Å². The Balaban J connectivity index is 0.00000116. The molecule has 3 rings (SSSR count). The van der Waals surface area contributed by atoms with E-state index in [2.05, 4.69) is 0 Å². The summed E-state index contributed by atoms with van der Waals surface area (Å²) in [4.78, 5) is 42.8. The van der Waals surface area contributed by atoms with E-state index in [-0.39, 0.29) is 36.0 Å². The molecule has 51 heavy (non-hydrogen) atoms. The minimum absolute atomic E-state index is 0.0318. The minimum atomic E-state index is -5.08. The van der Waals surface area contributed by atoms with Crippen molar-refractivity contribution in [2.45, 2.75) is 72.3 Å². The molecule has 0 saturated heterocycles. The van der Waals surface area contributed by atoms with Gasteiger partial charge in [-0.05, 0) is 56.4 Å². The standard InChI is InChI=1S/C33H45F2N5O3S.C2HF3O2/c1-32(2,3)29(39(28(41)22-44-18-15-36)16-10-17-40(31(42)43)33(4,5)6)30-37-27(25-19-24(34)13-14-26(25)35)21-38(30)20-23-11-8-7-9-12-23;3-2(4,5)1(6)7/h7-9,11-14,19,21,29H,10,15-18,20,22,36H2,1-6H3,(H,42,43);(H,6,7)/t29-;/m0./s1.